The Morgan fingerprint density at radius 3 is 2.86 bits per heavy atom. The highest BCUT2D eigenvalue weighted by atomic mass is 16.4. The van der Waals surface area contributed by atoms with Gasteiger partial charge in [-0.2, -0.15) is 0 Å². The highest BCUT2D eigenvalue weighted by Crippen LogP contribution is 2.43. The molecule has 0 aromatic heterocycles. The number of rotatable bonds is 1. The number of nitrogens with one attached hydrogen (secondary N) is 1. The van der Waals surface area contributed by atoms with Crippen LogP contribution in [0.15, 0.2) is 0 Å². The number of carboxylic acids is 1. The van der Waals surface area contributed by atoms with Gasteiger partial charge in [0, 0.05) is 6.04 Å². The topological polar surface area (TPSA) is 49.3 Å². The molecule has 2 aliphatic rings. The summed E-state index contributed by atoms with van der Waals surface area (Å²) in [5.41, 5.74) is 0.413. The maximum atomic E-state index is 10.8. The average Bonchev–Trinajstić information content (AvgIpc) is 2.45. The summed E-state index contributed by atoms with van der Waals surface area (Å²) in [7, 11) is 0. The molecule has 3 atom stereocenters. The third-order valence-corrected chi connectivity index (χ3v) is 3.77. The first-order chi connectivity index (χ1) is 6.48. The Balaban J connectivity index is 2.02. The van der Waals surface area contributed by atoms with E-state index in [1.54, 1.807) is 0 Å². The van der Waals surface area contributed by atoms with Crippen LogP contribution in [-0.4, -0.2) is 23.2 Å². The lowest BCUT2D eigenvalue weighted by Crippen LogP contribution is -2.39. The van der Waals surface area contributed by atoms with Crippen LogP contribution in [0.5, 0.6) is 0 Å². The SMILES string of the molecule is CC1(C)CCC2NC(C(=O)O)CC2C1. The van der Waals surface area contributed by atoms with E-state index in [2.05, 4.69) is 19.2 Å². The van der Waals surface area contributed by atoms with Crippen molar-refractivity contribution >= 4 is 5.97 Å². The number of fused-ring (bicyclic) bond motifs is 1. The zero-order chi connectivity index (χ0) is 10.3. The molecular formula is C11H19NO2. The Bertz CT molecular complexity index is 250. The van der Waals surface area contributed by atoms with Crippen LogP contribution in [0.25, 0.3) is 0 Å². The van der Waals surface area contributed by atoms with Crippen molar-refractivity contribution in [1.82, 2.24) is 5.32 Å². The van der Waals surface area contributed by atoms with E-state index in [1.165, 1.54) is 12.8 Å². The van der Waals surface area contributed by atoms with Gasteiger partial charge in [0.05, 0.1) is 0 Å². The highest BCUT2D eigenvalue weighted by molar-refractivity contribution is 5.74. The molecule has 2 N–H and O–H groups in total. The summed E-state index contributed by atoms with van der Waals surface area (Å²) in [4.78, 5) is 10.8. The maximum Gasteiger partial charge on any atom is 0.320 e. The summed E-state index contributed by atoms with van der Waals surface area (Å²) in [5, 5.41) is 12.2. The molecule has 3 nitrogen and oxygen atoms in total. The lowest BCUT2D eigenvalue weighted by molar-refractivity contribution is -0.139. The van der Waals surface area contributed by atoms with Crippen molar-refractivity contribution in [1.29, 1.82) is 0 Å². The van der Waals surface area contributed by atoms with Crippen molar-refractivity contribution in [3.63, 3.8) is 0 Å². The van der Waals surface area contributed by atoms with Crippen LogP contribution in [0.2, 0.25) is 0 Å². The molecule has 2 fully saturated rings. The predicted octanol–water partition coefficient (Wildman–Crippen LogP) is 1.63. The van der Waals surface area contributed by atoms with Crippen molar-refractivity contribution in [2.75, 3.05) is 0 Å². The molecule has 0 amide bonds. The molecule has 80 valence electrons. The zero-order valence-electron chi connectivity index (χ0n) is 8.92. The second kappa shape index (κ2) is 3.23. The van der Waals surface area contributed by atoms with Gasteiger partial charge in [0.15, 0.2) is 0 Å². The van der Waals surface area contributed by atoms with Crippen LogP contribution in [0, 0.1) is 11.3 Å². The first-order valence-electron chi connectivity index (χ1n) is 5.47. The third-order valence-electron chi connectivity index (χ3n) is 3.77. The largest absolute Gasteiger partial charge is 0.480 e. The lowest BCUT2D eigenvalue weighted by Gasteiger charge is -2.37. The highest BCUT2D eigenvalue weighted by Gasteiger charge is 2.42. The summed E-state index contributed by atoms with van der Waals surface area (Å²) in [5.74, 6) is -0.0999. The van der Waals surface area contributed by atoms with Gasteiger partial charge >= 0.3 is 5.97 Å². The van der Waals surface area contributed by atoms with Gasteiger partial charge in [-0.05, 0) is 37.0 Å². The van der Waals surface area contributed by atoms with Gasteiger partial charge in [0.25, 0.3) is 0 Å². The van der Waals surface area contributed by atoms with E-state index in [0.29, 0.717) is 17.4 Å². The smallest absolute Gasteiger partial charge is 0.320 e. The second-order valence-electron chi connectivity index (χ2n) is 5.57. The molecule has 14 heavy (non-hydrogen) atoms. The monoisotopic (exact) mass is 197 g/mol. The van der Waals surface area contributed by atoms with Crippen LogP contribution in [0.1, 0.15) is 39.5 Å². The molecule has 1 saturated heterocycles. The van der Waals surface area contributed by atoms with Crippen LogP contribution in [0.3, 0.4) is 0 Å². The molecule has 1 aliphatic carbocycles. The van der Waals surface area contributed by atoms with Gasteiger partial charge in [-0.3, -0.25) is 4.79 Å². The summed E-state index contributed by atoms with van der Waals surface area (Å²) < 4.78 is 0. The molecule has 0 radical (unpaired) electrons. The molecule has 0 spiro atoms. The summed E-state index contributed by atoms with van der Waals surface area (Å²) in [6.07, 6.45) is 4.35. The summed E-state index contributed by atoms with van der Waals surface area (Å²) in [6.45, 7) is 4.58. The first-order valence-corrected chi connectivity index (χ1v) is 5.47. The molecule has 2 rings (SSSR count). The molecule has 1 heterocycles. The summed E-state index contributed by atoms with van der Waals surface area (Å²) in [6, 6.07) is 0.169. The standard InChI is InChI=1S/C11H19NO2/c1-11(2)4-3-8-7(6-11)5-9(12-8)10(13)14/h7-9,12H,3-6H2,1-2H3,(H,13,14). The van der Waals surface area contributed by atoms with E-state index in [-0.39, 0.29) is 6.04 Å². The fraction of sp³-hybridized carbons (Fsp3) is 0.909. The first kappa shape index (κ1) is 9.97. The van der Waals surface area contributed by atoms with Crippen LogP contribution < -0.4 is 5.32 Å². The molecule has 0 aromatic rings. The van der Waals surface area contributed by atoms with Gasteiger partial charge in [0.1, 0.15) is 6.04 Å². The van der Waals surface area contributed by atoms with E-state index in [1.807, 2.05) is 0 Å². The number of carboxylic acid groups (broad SMARTS) is 1. The van der Waals surface area contributed by atoms with Gasteiger partial charge < -0.3 is 10.4 Å². The zero-order valence-corrected chi connectivity index (χ0v) is 8.92. The third kappa shape index (κ3) is 1.78. The predicted molar refractivity (Wildman–Crippen MR) is 54.1 cm³/mol. The van der Waals surface area contributed by atoms with Gasteiger partial charge in [-0.15, -0.1) is 0 Å². The number of carbonyl (C=O) groups is 1. The average molecular weight is 197 g/mol. The van der Waals surface area contributed by atoms with E-state index >= 15 is 0 Å². The minimum Gasteiger partial charge on any atom is -0.480 e. The summed E-state index contributed by atoms with van der Waals surface area (Å²) >= 11 is 0. The fourth-order valence-electron chi connectivity index (χ4n) is 3.00. The van der Waals surface area contributed by atoms with Crippen molar-refractivity contribution < 1.29 is 9.90 Å². The number of hydrogen-bond donors (Lipinski definition) is 2. The van der Waals surface area contributed by atoms with Gasteiger partial charge in [-0.1, -0.05) is 13.8 Å². The molecule has 1 saturated carbocycles. The Kier molecular flexibility index (Phi) is 2.30. The Morgan fingerprint density at radius 1 is 1.50 bits per heavy atom. The lowest BCUT2D eigenvalue weighted by atomic mass is 9.70. The van der Waals surface area contributed by atoms with E-state index in [4.69, 9.17) is 5.11 Å². The molecular weight excluding hydrogens is 178 g/mol. The number of aliphatic carboxylic acids is 1. The molecule has 3 unspecified atom stereocenters. The molecule has 3 heteroatoms. The molecule has 1 aliphatic heterocycles. The van der Waals surface area contributed by atoms with Gasteiger partial charge in [0.2, 0.25) is 0 Å². The minimum atomic E-state index is -0.683. The van der Waals surface area contributed by atoms with Gasteiger partial charge in [-0.25, -0.2) is 0 Å². The molecule has 0 bridgehead atoms. The van der Waals surface area contributed by atoms with Crippen molar-refractivity contribution in [2.45, 2.75) is 51.6 Å². The Labute approximate surface area is 84.9 Å². The fourth-order valence-corrected chi connectivity index (χ4v) is 3.00. The number of hydrogen-bond acceptors (Lipinski definition) is 2. The maximum absolute atomic E-state index is 10.8. The van der Waals surface area contributed by atoms with E-state index in [0.717, 1.165) is 12.8 Å². The van der Waals surface area contributed by atoms with Crippen molar-refractivity contribution in [2.24, 2.45) is 11.3 Å². The van der Waals surface area contributed by atoms with Crippen LogP contribution in [-0.2, 0) is 4.79 Å². The second-order valence-corrected chi connectivity index (χ2v) is 5.57. The van der Waals surface area contributed by atoms with Crippen LogP contribution >= 0.6 is 0 Å². The Hall–Kier alpha value is -0.570. The van der Waals surface area contributed by atoms with Crippen molar-refractivity contribution in [3.05, 3.63) is 0 Å². The quantitative estimate of drug-likeness (QED) is 0.671. The normalized spacial score (nSPS) is 40.6. The van der Waals surface area contributed by atoms with E-state index < -0.39 is 5.97 Å². The minimum absolute atomic E-state index is 0.293. The Morgan fingerprint density at radius 2 is 2.21 bits per heavy atom. The van der Waals surface area contributed by atoms with Crippen molar-refractivity contribution in [3.8, 4) is 0 Å². The van der Waals surface area contributed by atoms with Crippen LogP contribution in [0.4, 0.5) is 0 Å². The van der Waals surface area contributed by atoms with E-state index in [9.17, 15) is 4.79 Å². The molecule has 0 aromatic carbocycles.